The summed E-state index contributed by atoms with van der Waals surface area (Å²) in [7, 11) is 0. The number of alkyl halides is 1. The Morgan fingerprint density at radius 1 is 0.833 bits per heavy atom. The molecule has 2 aromatic carbocycles. The number of rotatable bonds is 2. The van der Waals surface area contributed by atoms with Crippen LogP contribution in [-0.2, 0) is 11.9 Å². The summed E-state index contributed by atoms with van der Waals surface area (Å²) in [6, 6.07) is 12.9. The molecule has 0 aliphatic rings. The summed E-state index contributed by atoms with van der Waals surface area (Å²) in [6.07, 6.45) is 0. The van der Waals surface area contributed by atoms with Crippen molar-refractivity contribution in [2.24, 2.45) is 0 Å². The number of aliphatic hydroxyl groups is 1. The van der Waals surface area contributed by atoms with Gasteiger partial charge in [-0.2, -0.15) is 0 Å². The second-order valence-electron chi connectivity index (χ2n) is 5.81. The van der Waals surface area contributed by atoms with Crippen molar-refractivity contribution in [1.82, 2.24) is 0 Å². The van der Waals surface area contributed by atoms with Crippen LogP contribution in [0.4, 0.5) is 0 Å². The molecule has 4 aromatic rings. The van der Waals surface area contributed by atoms with E-state index in [2.05, 4.69) is 71.6 Å². The van der Waals surface area contributed by atoms with Crippen LogP contribution < -0.4 is 0 Å². The van der Waals surface area contributed by atoms with Gasteiger partial charge in [0.2, 0.25) is 0 Å². The van der Waals surface area contributed by atoms with E-state index in [0.717, 1.165) is 10.9 Å². The minimum absolute atomic E-state index is 0.142. The fourth-order valence-electron chi connectivity index (χ4n) is 2.62. The van der Waals surface area contributed by atoms with E-state index >= 15 is 0 Å². The van der Waals surface area contributed by atoms with Crippen LogP contribution in [0.25, 0.3) is 20.2 Å². The number of aliphatic hydroxyl groups excluding tert-OH is 1. The molecule has 0 aliphatic heterocycles. The van der Waals surface area contributed by atoms with Gasteiger partial charge < -0.3 is 5.11 Å². The van der Waals surface area contributed by atoms with Crippen molar-refractivity contribution in [3.63, 3.8) is 0 Å². The average Bonchev–Trinajstić information content (AvgIpc) is 3.17. The Hall–Kier alpha value is -1.20. The lowest BCUT2D eigenvalue weighted by atomic mass is 10.1. The molecule has 4 rings (SSSR count). The minimum Gasteiger partial charge on any atom is -0.392 e. The van der Waals surface area contributed by atoms with Crippen LogP contribution in [0.15, 0.2) is 47.2 Å². The summed E-state index contributed by atoms with van der Waals surface area (Å²) < 4.78 is 2.64. The number of benzene rings is 2. The highest BCUT2D eigenvalue weighted by Gasteiger charge is 2.02. The molecule has 4 heteroatoms. The van der Waals surface area contributed by atoms with Gasteiger partial charge in [-0.25, -0.2) is 0 Å². The summed E-state index contributed by atoms with van der Waals surface area (Å²) in [6.45, 7) is 4.34. The molecule has 2 heterocycles. The van der Waals surface area contributed by atoms with Crippen molar-refractivity contribution in [2.45, 2.75) is 25.8 Å². The normalized spacial score (nSPS) is 10.8. The Labute approximate surface area is 158 Å². The minimum atomic E-state index is 0.142. The lowest BCUT2D eigenvalue weighted by Crippen LogP contribution is -1.79. The van der Waals surface area contributed by atoms with Gasteiger partial charge in [0, 0.05) is 14.7 Å². The topological polar surface area (TPSA) is 20.2 Å². The van der Waals surface area contributed by atoms with Crippen LogP contribution in [-0.4, -0.2) is 5.11 Å². The number of halogens is 1. The molecule has 1 N–H and O–H groups in total. The van der Waals surface area contributed by atoms with E-state index in [0.29, 0.717) is 0 Å². The van der Waals surface area contributed by atoms with Gasteiger partial charge in [0.05, 0.1) is 6.61 Å². The van der Waals surface area contributed by atoms with E-state index in [1.54, 1.807) is 11.3 Å². The van der Waals surface area contributed by atoms with Gasteiger partial charge in [0.25, 0.3) is 0 Å². The monoisotopic (exact) mass is 418 g/mol. The van der Waals surface area contributed by atoms with Crippen molar-refractivity contribution in [1.29, 1.82) is 0 Å². The van der Waals surface area contributed by atoms with Crippen molar-refractivity contribution in [3.05, 3.63) is 69.4 Å². The highest BCUT2D eigenvalue weighted by molar-refractivity contribution is 9.08. The largest absolute Gasteiger partial charge is 0.392 e. The molecule has 0 fully saturated rings. The number of hydrogen-bond acceptors (Lipinski definition) is 3. The molecule has 0 radical (unpaired) electrons. The standard InChI is InChI=1S/C10H9BrS.C10H10OS/c2*1-7-2-3-10-9(4-7)8(5-11)6-12-10/h2-4,6H,5H2,1H3;2-4,6,11H,5H2,1H3. The zero-order chi connectivity index (χ0) is 17.1. The fourth-order valence-corrected chi connectivity index (χ4v) is 5.17. The third-order valence-corrected chi connectivity index (χ3v) is 6.56. The summed E-state index contributed by atoms with van der Waals surface area (Å²) in [4.78, 5) is 0. The Kier molecular flexibility index (Phi) is 5.72. The Morgan fingerprint density at radius 2 is 1.33 bits per heavy atom. The van der Waals surface area contributed by atoms with E-state index in [4.69, 9.17) is 5.11 Å². The molecule has 0 amide bonds. The van der Waals surface area contributed by atoms with Crippen LogP contribution >= 0.6 is 38.6 Å². The first kappa shape index (κ1) is 17.6. The second-order valence-corrected chi connectivity index (χ2v) is 8.20. The van der Waals surface area contributed by atoms with Crippen LogP contribution in [0.3, 0.4) is 0 Å². The summed E-state index contributed by atoms with van der Waals surface area (Å²) in [5.41, 5.74) is 5.02. The zero-order valence-electron chi connectivity index (χ0n) is 13.7. The summed E-state index contributed by atoms with van der Waals surface area (Å²) in [5, 5.41) is 16.8. The van der Waals surface area contributed by atoms with E-state index < -0.39 is 0 Å². The molecule has 0 unspecified atom stereocenters. The van der Waals surface area contributed by atoms with E-state index in [1.807, 2.05) is 16.7 Å². The fraction of sp³-hybridized carbons (Fsp3) is 0.200. The third kappa shape index (κ3) is 3.72. The van der Waals surface area contributed by atoms with Gasteiger partial charge in [0.15, 0.2) is 0 Å². The van der Waals surface area contributed by atoms with Gasteiger partial charge in [-0.1, -0.05) is 51.3 Å². The SMILES string of the molecule is Cc1ccc2scc(CBr)c2c1.Cc1ccc2scc(CO)c2c1. The molecule has 0 spiro atoms. The first-order valence-electron chi connectivity index (χ1n) is 7.72. The molecule has 124 valence electrons. The average molecular weight is 419 g/mol. The van der Waals surface area contributed by atoms with Gasteiger partial charge in [-0.3, -0.25) is 0 Å². The predicted molar refractivity (Wildman–Crippen MR) is 112 cm³/mol. The van der Waals surface area contributed by atoms with E-state index in [-0.39, 0.29) is 6.61 Å². The molecule has 0 saturated heterocycles. The first-order valence-corrected chi connectivity index (χ1v) is 10.6. The summed E-state index contributed by atoms with van der Waals surface area (Å²) >= 11 is 6.99. The van der Waals surface area contributed by atoms with Crippen molar-refractivity contribution >= 4 is 58.8 Å². The zero-order valence-corrected chi connectivity index (χ0v) is 16.9. The van der Waals surface area contributed by atoms with Crippen molar-refractivity contribution in [3.8, 4) is 0 Å². The molecule has 0 saturated carbocycles. The van der Waals surface area contributed by atoms with Gasteiger partial charge >= 0.3 is 0 Å². The molecule has 0 aliphatic carbocycles. The van der Waals surface area contributed by atoms with Crippen molar-refractivity contribution < 1.29 is 5.11 Å². The van der Waals surface area contributed by atoms with Crippen LogP contribution in [0.5, 0.6) is 0 Å². The molecular formula is C20H19BrOS2. The van der Waals surface area contributed by atoms with Crippen LogP contribution in [0, 0.1) is 13.8 Å². The van der Waals surface area contributed by atoms with Crippen LogP contribution in [0.1, 0.15) is 22.3 Å². The molecular weight excluding hydrogens is 400 g/mol. The first-order chi connectivity index (χ1) is 11.6. The maximum Gasteiger partial charge on any atom is 0.0696 e. The number of thiophene rings is 2. The summed E-state index contributed by atoms with van der Waals surface area (Å²) in [5.74, 6) is 0. The van der Waals surface area contributed by atoms with Gasteiger partial charge in [-0.15, -0.1) is 22.7 Å². The number of hydrogen-bond donors (Lipinski definition) is 1. The maximum absolute atomic E-state index is 9.02. The number of aryl methyl sites for hydroxylation is 2. The second kappa shape index (κ2) is 7.79. The molecule has 1 nitrogen and oxygen atoms in total. The van der Waals surface area contributed by atoms with Crippen molar-refractivity contribution in [2.75, 3.05) is 0 Å². The molecule has 2 aromatic heterocycles. The lowest BCUT2D eigenvalue weighted by molar-refractivity contribution is 0.284. The smallest absolute Gasteiger partial charge is 0.0696 e. The maximum atomic E-state index is 9.02. The highest BCUT2D eigenvalue weighted by Crippen LogP contribution is 2.28. The Morgan fingerprint density at radius 3 is 1.83 bits per heavy atom. The highest BCUT2D eigenvalue weighted by atomic mass is 79.9. The lowest BCUT2D eigenvalue weighted by Gasteiger charge is -1.95. The molecule has 0 bridgehead atoms. The molecule has 0 atom stereocenters. The number of fused-ring (bicyclic) bond motifs is 2. The molecule has 24 heavy (non-hydrogen) atoms. The van der Waals surface area contributed by atoms with Gasteiger partial charge in [-0.05, 0) is 58.6 Å². The van der Waals surface area contributed by atoms with E-state index in [9.17, 15) is 0 Å². The quantitative estimate of drug-likeness (QED) is 0.354. The Bertz CT molecular complexity index is 888. The third-order valence-electron chi connectivity index (χ3n) is 3.93. The van der Waals surface area contributed by atoms with E-state index in [1.165, 1.54) is 36.9 Å². The Balaban J connectivity index is 0.000000141. The predicted octanol–water partition coefficient (Wildman–Crippen LogP) is 6.81. The van der Waals surface area contributed by atoms with Gasteiger partial charge in [0.1, 0.15) is 0 Å². The van der Waals surface area contributed by atoms with Crippen LogP contribution in [0.2, 0.25) is 0 Å².